The van der Waals surface area contributed by atoms with Crippen LogP contribution < -0.4 is 4.72 Å². The van der Waals surface area contributed by atoms with E-state index in [1.54, 1.807) is 12.1 Å². The van der Waals surface area contributed by atoms with Gasteiger partial charge in [-0.15, -0.1) is 0 Å². The van der Waals surface area contributed by atoms with Crippen molar-refractivity contribution >= 4 is 28.5 Å². The van der Waals surface area contributed by atoms with E-state index in [2.05, 4.69) is 4.72 Å². The van der Waals surface area contributed by atoms with Gasteiger partial charge in [-0.3, -0.25) is 18.9 Å². The van der Waals surface area contributed by atoms with Gasteiger partial charge in [0.15, 0.2) is 0 Å². The molecule has 1 aromatic rings. The smallest absolute Gasteiger partial charge is 0.259 e. The summed E-state index contributed by atoms with van der Waals surface area (Å²) < 4.78 is 21.7. The molecule has 5 nitrogen and oxygen atoms in total. The van der Waals surface area contributed by atoms with E-state index in [4.69, 9.17) is 4.55 Å². The van der Waals surface area contributed by atoms with Crippen LogP contribution in [0.25, 0.3) is 0 Å². The second-order valence-electron chi connectivity index (χ2n) is 6.61. The van der Waals surface area contributed by atoms with Crippen LogP contribution in [0, 0.1) is 5.41 Å². The van der Waals surface area contributed by atoms with Crippen molar-refractivity contribution in [3.63, 3.8) is 0 Å². The Labute approximate surface area is 140 Å². The van der Waals surface area contributed by atoms with Gasteiger partial charge in [0.05, 0.1) is 0 Å². The van der Waals surface area contributed by atoms with E-state index < -0.39 is 11.3 Å². The van der Waals surface area contributed by atoms with Gasteiger partial charge in [-0.05, 0) is 30.5 Å². The lowest BCUT2D eigenvalue weighted by Gasteiger charge is -2.15. The van der Waals surface area contributed by atoms with E-state index in [-0.39, 0.29) is 17.0 Å². The average Bonchev–Trinajstić information content (AvgIpc) is 2.45. The number of nitrogens with one attached hydrogen (secondary N) is 1. The molecule has 1 rings (SSSR count). The molecule has 0 saturated carbocycles. The second-order valence-corrected chi connectivity index (χ2v) is 7.32. The Kier molecular flexibility index (Phi) is 7.58. The number of carbonyl (C=O) groups excluding carboxylic acids is 2. The molecule has 23 heavy (non-hydrogen) atoms. The van der Waals surface area contributed by atoms with Crippen LogP contribution in [-0.4, -0.2) is 20.3 Å². The zero-order valence-corrected chi connectivity index (χ0v) is 14.7. The molecule has 0 amide bonds. The Hall–Kier alpha value is -1.53. The van der Waals surface area contributed by atoms with Crippen molar-refractivity contribution in [3.05, 3.63) is 29.8 Å². The molecule has 0 heterocycles. The fourth-order valence-corrected chi connectivity index (χ4v) is 2.42. The Morgan fingerprint density at radius 2 is 1.70 bits per heavy atom. The third-order valence-corrected chi connectivity index (χ3v) is 3.96. The number of carbonyl (C=O) groups is 2. The van der Waals surface area contributed by atoms with Crippen molar-refractivity contribution in [1.29, 1.82) is 0 Å². The molecule has 0 fully saturated rings. The highest BCUT2D eigenvalue weighted by Crippen LogP contribution is 2.18. The highest BCUT2D eigenvalue weighted by molar-refractivity contribution is 7.80. The van der Waals surface area contributed by atoms with Gasteiger partial charge in [-0.1, -0.05) is 32.9 Å². The van der Waals surface area contributed by atoms with Crippen LogP contribution in [-0.2, 0) is 27.3 Å². The molecule has 0 spiro atoms. The molecule has 2 N–H and O–H groups in total. The van der Waals surface area contributed by atoms with E-state index in [0.29, 0.717) is 24.9 Å². The van der Waals surface area contributed by atoms with Crippen LogP contribution in [0.15, 0.2) is 24.3 Å². The molecule has 0 aliphatic carbocycles. The van der Waals surface area contributed by atoms with Gasteiger partial charge in [-0.25, -0.2) is 4.21 Å². The summed E-state index contributed by atoms with van der Waals surface area (Å²) in [6, 6.07) is 7.19. The van der Waals surface area contributed by atoms with Gasteiger partial charge in [0.2, 0.25) is 0 Å². The highest BCUT2D eigenvalue weighted by atomic mass is 32.2. The molecule has 128 valence electrons. The van der Waals surface area contributed by atoms with Gasteiger partial charge >= 0.3 is 0 Å². The van der Waals surface area contributed by atoms with E-state index in [1.807, 2.05) is 32.9 Å². The first-order valence-electron chi connectivity index (χ1n) is 7.70. The number of ketones is 2. The zero-order chi connectivity index (χ0) is 17.5. The Morgan fingerprint density at radius 3 is 2.22 bits per heavy atom. The summed E-state index contributed by atoms with van der Waals surface area (Å²) in [6.45, 7) is 5.60. The molecule has 1 aromatic carbocycles. The number of Topliss-reactive ketones (excluding diaryl/α,β-unsaturated/α-hetero) is 2. The monoisotopic (exact) mass is 339 g/mol. The predicted octanol–water partition coefficient (Wildman–Crippen LogP) is 3.52. The molecule has 1 unspecified atom stereocenters. The topological polar surface area (TPSA) is 83.5 Å². The van der Waals surface area contributed by atoms with Crippen molar-refractivity contribution in [1.82, 2.24) is 0 Å². The first-order valence-corrected chi connectivity index (χ1v) is 8.80. The summed E-state index contributed by atoms with van der Waals surface area (Å²) in [5.74, 6) is 0.242. The summed E-state index contributed by atoms with van der Waals surface area (Å²) in [4.78, 5) is 23.6. The Morgan fingerprint density at radius 1 is 1.09 bits per heavy atom. The van der Waals surface area contributed by atoms with Crippen molar-refractivity contribution < 1.29 is 18.4 Å². The number of hydrogen-bond donors (Lipinski definition) is 2. The van der Waals surface area contributed by atoms with Crippen LogP contribution in [0.3, 0.4) is 0 Å². The minimum atomic E-state index is -2.07. The molecule has 0 aliphatic heterocycles. The van der Waals surface area contributed by atoms with E-state index >= 15 is 0 Å². The van der Waals surface area contributed by atoms with Crippen molar-refractivity contribution in [2.75, 3.05) is 4.72 Å². The fraction of sp³-hybridized carbons (Fsp3) is 0.529. The summed E-state index contributed by atoms with van der Waals surface area (Å²) >= 11 is -2.07. The normalized spacial score (nSPS) is 12.7. The standard InChI is InChI=1S/C17H25NO4S/c1-17(2,3)16(20)12-11-15(19)6-4-5-13-7-9-14(10-8-13)18-23(21)22/h7-10,18H,4-6,11-12H2,1-3H3,(H,21,22). The third kappa shape index (κ3) is 8.04. The lowest BCUT2D eigenvalue weighted by atomic mass is 9.87. The largest absolute Gasteiger partial charge is 0.300 e. The first-order chi connectivity index (χ1) is 10.7. The molecule has 0 saturated heterocycles. The number of benzene rings is 1. The summed E-state index contributed by atoms with van der Waals surface area (Å²) in [7, 11) is 0. The van der Waals surface area contributed by atoms with E-state index in [1.165, 1.54) is 0 Å². The van der Waals surface area contributed by atoms with Crippen LogP contribution in [0.2, 0.25) is 0 Å². The molecule has 0 aromatic heterocycles. The molecule has 0 radical (unpaired) electrons. The predicted molar refractivity (Wildman–Crippen MR) is 92.5 cm³/mol. The summed E-state index contributed by atoms with van der Waals surface area (Å²) in [6.07, 6.45) is 2.61. The van der Waals surface area contributed by atoms with Gasteiger partial charge in [0, 0.05) is 30.4 Å². The van der Waals surface area contributed by atoms with Crippen LogP contribution in [0.4, 0.5) is 5.69 Å². The van der Waals surface area contributed by atoms with Crippen molar-refractivity contribution in [2.45, 2.75) is 52.9 Å². The maximum atomic E-state index is 11.8. The summed E-state index contributed by atoms with van der Waals surface area (Å²) in [5.41, 5.74) is 1.26. The highest BCUT2D eigenvalue weighted by Gasteiger charge is 2.21. The number of anilines is 1. The molecule has 1 atom stereocenters. The van der Waals surface area contributed by atoms with Gasteiger partial charge < -0.3 is 0 Å². The molecular formula is C17H25NO4S. The van der Waals surface area contributed by atoms with Crippen molar-refractivity contribution in [3.8, 4) is 0 Å². The van der Waals surface area contributed by atoms with Crippen LogP contribution >= 0.6 is 0 Å². The Balaban J connectivity index is 2.29. The Bertz CT molecular complexity index is 561. The third-order valence-electron chi connectivity index (χ3n) is 3.55. The van der Waals surface area contributed by atoms with Crippen LogP contribution in [0.1, 0.15) is 52.0 Å². The van der Waals surface area contributed by atoms with Crippen molar-refractivity contribution in [2.24, 2.45) is 5.41 Å². The molecule has 0 aliphatic rings. The average molecular weight is 339 g/mol. The molecule has 0 bridgehead atoms. The number of rotatable bonds is 9. The lowest BCUT2D eigenvalue weighted by Crippen LogP contribution is -2.20. The maximum Gasteiger partial charge on any atom is 0.259 e. The van der Waals surface area contributed by atoms with Gasteiger partial charge in [0.25, 0.3) is 11.3 Å². The lowest BCUT2D eigenvalue weighted by molar-refractivity contribution is -0.129. The quantitative estimate of drug-likeness (QED) is 0.674. The fourth-order valence-electron chi connectivity index (χ4n) is 2.08. The van der Waals surface area contributed by atoms with Crippen LogP contribution in [0.5, 0.6) is 0 Å². The second kappa shape index (κ2) is 8.93. The minimum Gasteiger partial charge on any atom is -0.300 e. The van der Waals surface area contributed by atoms with E-state index in [0.717, 1.165) is 18.4 Å². The van der Waals surface area contributed by atoms with Gasteiger partial charge in [-0.2, -0.15) is 0 Å². The molecular weight excluding hydrogens is 314 g/mol. The minimum absolute atomic E-state index is 0.121. The summed E-state index contributed by atoms with van der Waals surface area (Å²) in [5, 5.41) is 0. The first kappa shape index (κ1) is 19.5. The number of hydrogen-bond acceptors (Lipinski definition) is 3. The van der Waals surface area contributed by atoms with Gasteiger partial charge in [0.1, 0.15) is 11.6 Å². The van der Waals surface area contributed by atoms with E-state index in [9.17, 15) is 13.8 Å². The molecule has 6 heteroatoms. The zero-order valence-electron chi connectivity index (χ0n) is 13.9. The number of aryl methyl sites for hydroxylation is 1. The maximum absolute atomic E-state index is 11.8. The SMILES string of the molecule is CC(C)(C)C(=O)CCC(=O)CCCc1ccc(NS(=O)O)cc1.